The van der Waals surface area contributed by atoms with Crippen molar-refractivity contribution in [3.63, 3.8) is 0 Å². The molecule has 3 rings (SSSR count). The van der Waals surface area contributed by atoms with Gasteiger partial charge in [-0.3, -0.25) is 9.32 Å². The van der Waals surface area contributed by atoms with Crippen molar-refractivity contribution in [2.45, 2.75) is 23.6 Å². The molecule has 3 aromatic rings. The first-order chi connectivity index (χ1) is 14.8. The van der Waals surface area contributed by atoms with Crippen molar-refractivity contribution in [1.29, 1.82) is 0 Å². The molecule has 0 fully saturated rings. The van der Waals surface area contributed by atoms with E-state index in [0.29, 0.717) is 17.9 Å². The second-order valence-corrected chi connectivity index (χ2v) is 7.92. The van der Waals surface area contributed by atoms with Gasteiger partial charge >= 0.3 is 16.6 Å². The Balaban J connectivity index is 1.82. The number of hydrogen-bond acceptors (Lipinski definition) is 6. The Morgan fingerprint density at radius 1 is 1.29 bits per heavy atom. The number of aromatic nitrogens is 2. The number of carboxylic acid groups (broad SMARTS) is 1. The van der Waals surface area contributed by atoms with Crippen LogP contribution in [0.4, 0.5) is 5.69 Å². The minimum Gasteiger partial charge on any atom is -0.497 e. The van der Waals surface area contributed by atoms with Gasteiger partial charge in [-0.25, -0.2) is 9.59 Å². The van der Waals surface area contributed by atoms with E-state index in [0.717, 1.165) is 11.8 Å². The van der Waals surface area contributed by atoms with E-state index in [1.165, 1.54) is 22.9 Å². The molecule has 1 atom stereocenters. The number of rotatable bonds is 8. The molecule has 0 aliphatic carbocycles. The molecule has 0 aliphatic heterocycles. The van der Waals surface area contributed by atoms with Crippen molar-refractivity contribution in [3.8, 4) is 11.4 Å². The number of thioether (sulfide) groups is 1. The molecule has 0 radical (unpaired) electrons. The highest BCUT2D eigenvalue weighted by Gasteiger charge is 2.30. The van der Waals surface area contributed by atoms with Gasteiger partial charge in [-0.2, -0.15) is 0 Å². The first kappa shape index (κ1) is 22.4. The number of carbonyl (C=O) groups excluding carboxylic acids is 1. The monoisotopic (exact) mass is 464 g/mol. The Bertz CT molecular complexity index is 1160. The number of anilines is 1. The number of halogens is 1. The van der Waals surface area contributed by atoms with Crippen LogP contribution in [0.1, 0.15) is 23.7 Å². The number of carbonyl (C=O) groups is 2. The zero-order chi connectivity index (χ0) is 22.5. The van der Waals surface area contributed by atoms with E-state index in [9.17, 15) is 19.5 Å². The smallest absolute Gasteiger partial charge is 0.442 e. The van der Waals surface area contributed by atoms with Crippen LogP contribution in [0.15, 0.2) is 56.8 Å². The van der Waals surface area contributed by atoms with Crippen LogP contribution in [0.5, 0.6) is 5.75 Å². The second-order valence-electron chi connectivity index (χ2n) is 6.32. The summed E-state index contributed by atoms with van der Waals surface area (Å²) in [6.45, 7) is 1.80. The number of nitrogens with one attached hydrogen (secondary N) is 2. The Morgan fingerprint density at radius 3 is 2.61 bits per heavy atom. The molecular formula is C20H19ClN3O6S+. The van der Waals surface area contributed by atoms with Gasteiger partial charge in [-0.1, -0.05) is 18.5 Å². The van der Waals surface area contributed by atoms with Crippen LogP contribution >= 0.6 is 23.4 Å². The van der Waals surface area contributed by atoms with Crippen LogP contribution in [-0.4, -0.2) is 34.6 Å². The molecule has 11 heteroatoms. The summed E-state index contributed by atoms with van der Waals surface area (Å²) in [6.07, 6.45) is 0.406. The average molecular weight is 465 g/mol. The predicted octanol–water partition coefficient (Wildman–Crippen LogP) is 3.11. The Hall–Kier alpha value is -3.24. The Labute approximate surface area is 185 Å². The number of aromatic amines is 1. The van der Waals surface area contributed by atoms with Crippen molar-refractivity contribution >= 4 is 40.9 Å². The van der Waals surface area contributed by atoms with Gasteiger partial charge in [-0.05, 0) is 58.5 Å². The van der Waals surface area contributed by atoms with E-state index in [2.05, 4.69) is 10.6 Å². The molecule has 3 N–H and O–H groups in total. The number of H-pyrrole nitrogens is 1. The first-order valence-corrected chi connectivity index (χ1v) is 10.4. The SMILES string of the molecule is CCC(Sc1c(=O)o[nH][n+]1-c1ccc(OC)cc1)C(=O)Nc1ccc(Cl)c(C(=O)O)c1. The van der Waals surface area contributed by atoms with Gasteiger partial charge in [0.1, 0.15) is 5.75 Å². The summed E-state index contributed by atoms with van der Waals surface area (Å²) in [6, 6.07) is 11.1. The number of ether oxygens (including phenoxy) is 1. The van der Waals surface area contributed by atoms with Gasteiger partial charge in [0.15, 0.2) is 0 Å². The molecule has 0 aliphatic rings. The van der Waals surface area contributed by atoms with Gasteiger partial charge in [0.05, 0.1) is 22.9 Å². The molecule has 1 aromatic heterocycles. The molecule has 2 aromatic carbocycles. The highest BCUT2D eigenvalue weighted by Crippen LogP contribution is 2.25. The zero-order valence-electron chi connectivity index (χ0n) is 16.5. The average Bonchev–Trinajstić information content (AvgIpc) is 3.13. The van der Waals surface area contributed by atoms with E-state index < -0.39 is 22.8 Å². The van der Waals surface area contributed by atoms with Crippen LogP contribution in [0.2, 0.25) is 5.02 Å². The van der Waals surface area contributed by atoms with E-state index in [1.807, 2.05) is 0 Å². The number of aromatic carboxylic acids is 1. The number of benzene rings is 2. The van der Waals surface area contributed by atoms with E-state index >= 15 is 0 Å². The van der Waals surface area contributed by atoms with Crippen molar-refractivity contribution in [2.24, 2.45) is 0 Å². The summed E-state index contributed by atoms with van der Waals surface area (Å²) < 4.78 is 11.5. The highest BCUT2D eigenvalue weighted by atomic mass is 35.5. The summed E-state index contributed by atoms with van der Waals surface area (Å²) in [5.74, 6) is -0.945. The third-order valence-corrected chi connectivity index (χ3v) is 6.05. The summed E-state index contributed by atoms with van der Waals surface area (Å²) >= 11 is 6.90. The lowest BCUT2D eigenvalue weighted by atomic mass is 10.2. The van der Waals surface area contributed by atoms with Crippen molar-refractivity contribution in [1.82, 2.24) is 5.27 Å². The van der Waals surface area contributed by atoms with Crippen molar-refractivity contribution < 1.29 is 28.6 Å². The molecule has 162 valence electrons. The molecule has 1 unspecified atom stereocenters. The lowest BCUT2D eigenvalue weighted by Gasteiger charge is -2.13. The number of amides is 1. The Morgan fingerprint density at radius 2 is 2.00 bits per heavy atom. The van der Waals surface area contributed by atoms with Crippen molar-refractivity contribution in [3.05, 3.63) is 63.5 Å². The van der Waals surface area contributed by atoms with Gasteiger partial charge in [0.25, 0.3) is 0 Å². The van der Waals surface area contributed by atoms with Crippen molar-refractivity contribution in [2.75, 3.05) is 12.4 Å². The zero-order valence-corrected chi connectivity index (χ0v) is 18.1. The van der Waals surface area contributed by atoms with Crippen LogP contribution in [-0.2, 0) is 4.79 Å². The van der Waals surface area contributed by atoms with Gasteiger partial charge in [0, 0.05) is 17.8 Å². The summed E-state index contributed by atoms with van der Waals surface area (Å²) in [5.41, 5.74) is 0.165. The molecule has 1 heterocycles. The lowest BCUT2D eigenvalue weighted by Crippen LogP contribution is -2.37. The molecule has 0 saturated heterocycles. The predicted molar refractivity (Wildman–Crippen MR) is 114 cm³/mol. The van der Waals surface area contributed by atoms with E-state index in [4.69, 9.17) is 20.9 Å². The summed E-state index contributed by atoms with van der Waals surface area (Å²) in [5, 5.41) is 14.0. The third-order valence-electron chi connectivity index (χ3n) is 4.32. The maximum atomic E-state index is 12.8. The molecule has 9 nitrogen and oxygen atoms in total. The molecule has 1 amide bonds. The molecule has 0 spiro atoms. The number of methoxy groups -OCH3 is 1. The van der Waals surface area contributed by atoms with Gasteiger partial charge in [0.2, 0.25) is 11.6 Å². The maximum Gasteiger partial charge on any atom is 0.442 e. The molecule has 0 bridgehead atoms. The first-order valence-electron chi connectivity index (χ1n) is 9.12. The quantitative estimate of drug-likeness (QED) is 0.345. The number of hydrogen-bond donors (Lipinski definition) is 3. The minimum atomic E-state index is -1.20. The van der Waals surface area contributed by atoms with Gasteiger partial charge in [-0.15, -0.1) is 0 Å². The van der Waals surface area contributed by atoms with E-state index in [1.54, 1.807) is 38.3 Å². The summed E-state index contributed by atoms with van der Waals surface area (Å²) in [4.78, 5) is 36.3. The topological polar surface area (TPSA) is 126 Å². The fraction of sp³-hybridized carbons (Fsp3) is 0.200. The van der Waals surface area contributed by atoms with Crippen LogP contribution in [0, 0.1) is 0 Å². The van der Waals surface area contributed by atoms with E-state index in [-0.39, 0.29) is 21.3 Å². The van der Waals surface area contributed by atoms with Gasteiger partial charge < -0.3 is 15.2 Å². The second kappa shape index (κ2) is 9.71. The standard InChI is InChI=1S/C20H18ClN3O6S/c1-3-16(17(25)22-11-4-9-15(21)14(10-11)19(26)27)31-18-20(28)30-23-24(18)12-5-7-13(29-2)8-6-12/h4-10,16H,3H2,1-2H3,(H2-,22,23,25,26,27,28)/p+1. The largest absolute Gasteiger partial charge is 0.497 e. The summed E-state index contributed by atoms with van der Waals surface area (Å²) in [7, 11) is 1.55. The molecule has 31 heavy (non-hydrogen) atoms. The number of carboxylic acids is 1. The number of nitrogens with zero attached hydrogens (tertiary/aromatic N) is 1. The lowest BCUT2D eigenvalue weighted by molar-refractivity contribution is -0.704. The fourth-order valence-electron chi connectivity index (χ4n) is 2.71. The molecule has 0 saturated carbocycles. The van der Waals surface area contributed by atoms with Crippen LogP contribution in [0.3, 0.4) is 0 Å². The third kappa shape index (κ3) is 5.09. The normalized spacial score (nSPS) is 11.7. The fourth-order valence-corrected chi connectivity index (χ4v) is 3.90. The van der Waals surface area contributed by atoms with Crippen LogP contribution < -0.4 is 20.4 Å². The minimum absolute atomic E-state index is 0.0670. The Kier molecular flexibility index (Phi) is 7.03. The molecular weight excluding hydrogens is 446 g/mol. The maximum absolute atomic E-state index is 12.8. The highest BCUT2D eigenvalue weighted by molar-refractivity contribution is 8.00. The van der Waals surface area contributed by atoms with Crippen LogP contribution in [0.25, 0.3) is 5.69 Å².